The van der Waals surface area contributed by atoms with Crippen LogP contribution in [-0.4, -0.2) is 34.8 Å². The van der Waals surface area contributed by atoms with Gasteiger partial charge in [0.15, 0.2) is 0 Å². The first-order valence-electron chi connectivity index (χ1n) is 8.04. The molecule has 7 nitrogen and oxygen atoms in total. The number of hydrogen-bond acceptors (Lipinski definition) is 6. The summed E-state index contributed by atoms with van der Waals surface area (Å²) in [5, 5.41) is 9.17. The van der Waals surface area contributed by atoms with Crippen LogP contribution in [-0.2, 0) is 23.9 Å². The van der Waals surface area contributed by atoms with E-state index >= 15 is 0 Å². The number of esters is 2. The minimum atomic E-state index is -1.43. The Hall–Kier alpha value is -1.63. The van der Waals surface area contributed by atoms with Gasteiger partial charge in [-0.15, -0.1) is 0 Å². The van der Waals surface area contributed by atoms with Crippen LogP contribution >= 0.6 is 0 Å². The molecule has 0 spiro atoms. The van der Waals surface area contributed by atoms with E-state index in [0.717, 1.165) is 19.3 Å². The van der Waals surface area contributed by atoms with Gasteiger partial charge in [-0.2, -0.15) is 0 Å². The molecule has 7 heteroatoms. The van der Waals surface area contributed by atoms with Crippen molar-refractivity contribution < 1.29 is 29.0 Å². The lowest BCUT2D eigenvalue weighted by molar-refractivity contribution is -0.219. The van der Waals surface area contributed by atoms with Gasteiger partial charge in [0.05, 0.1) is 6.42 Å². The number of carboxylic acid groups (broad SMARTS) is 1. The number of rotatable bonds is 7. The number of carbonyl (C=O) groups excluding carboxylic acids is 2. The van der Waals surface area contributed by atoms with Crippen molar-refractivity contribution in [2.45, 2.75) is 77.5 Å². The van der Waals surface area contributed by atoms with Crippen LogP contribution in [0.5, 0.6) is 0 Å². The average Bonchev–Trinajstić information content (AvgIpc) is 2.45. The van der Waals surface area contributed by atoms with E-state index in [9.17, 15) is 14.4 Å². The fraction of sp³-hybridized carbons (Fsp3) is 0.812. The first kappa shape index (κ1) is 19.4. The molecule has 0 amide bonds. The quantitative estimate of drug-likeness (QED) is 0.542. The maximum atomic E-state index is 12.4. The van der Waals surface area contributed by atoms with E-state index in [4.69, 9.17) is 20.3 Å². The van der Waals surface area contributed by atoms with Crippen molar-refractivity contribution in [2.24, 2.45) is 11.1 Å². The summed E-state index contributed by atoms with van der Waals surface area (Å²) in [5.74, 6) is -3.64. The first-order chi connectivity index (χ1) is 10.6. The van der Waals surface area contributed by atoms with Gasteiger partial charge in [0, 0.05) is 25.7 Å². The van der Waals surface area contributed by atoms with Gasteiger partial charge in [-0.05, 0) is 12.8 Å². The van der Waals surface area contributed by atoms with E-state index in [-0.39, 0.29) is 12.8 Å². The molecule has 0 heterocycles. The maximum Gasteiger partial charge on any atom is 0.326 e. The molecule has 1 saturated carbocycles. The first-order valence-corrected chi connectivity index (χ1v) is 8.04. The monoisotopic (exact) mass is 329 g/mol. The van der Waals surface area contributed by atoms with Crippen LogP contribution in [0.1, 0.15) is 65.7 Å². The topological polar surface area (TPSA) is 116 Å². The Kier molecular flexibility index (Phi) is 6.56. The summed E-state index contributed by atoms with van der Waals surface area (Å²) in [6, 6.07) is -1.06. The maximum absolute atomic E-state index is 12.4. The Balaban J connectivity index is 2.82. The zero-order chi connectivity index (χ0) is 17.7. The smallest absolute Gasteiger partial charge is 0.326 e. The second-order valence-electron chi connectivity index (χ2n) is 6.62. The third-order valence-corrected chi connectivity index (χ3v) is 4.26. The fourth-order valence-electron chi connectivity index (χ4n) is 3.08. The molecule has 1 atom stereocenters. The minimum absolute atomic E-state index is 0.163. The lowest BCUT2D eigenvalue weighted by Crippen LogP contribution is -2.52. The highest BCUT2D eigenvalue weighted by atomic mass is 16.7. The van der Waals surface area contributed by atoms with E-state index in [1.54, 1.807) is 6.92 Å². The van der Waals surface area contributed by atoms with Crippen LogP contribution in [0.4, 0.5) is 0 Å². The van der Waals surface area contributed by atoms with Gasteiger partial charge in [0.1, 0.15) is 6.04 Å². The van der Waals surface area contributed by atoms with Crippen LogP contribution in [0, 0.1) is 5.41 Å². The fourth-order valence-corrected chi connectivity index (χ4v) is 3.08. The summed E-state index contributed by atoms with van der Waals surface area (Å²) in [6.45, 7) is 4.54. The molecule has 0 aromatic rings. The number of hydrogen-bond donors (Lipinski definition) is 2. The standard InChI is InChI=1S/C16H27NO6/c1-4-12(20)22-15(2,3)23-14(21)13(17)16(10-11(18)19)8-6-5-7-9-16/h13H,4-10,17H2,1-3H3,(H,18,19). The molecule has 0 aromatic heterocycles. The number of carbonyl (C=O) groups is 3. The van der Waals surface area contributed by atoms with Gasteiger partial charge in [0.2, 0.25) is 0 Å². The summed E-state index contributed by atoms with van der Waals surface area (Å²) in [6.07, 6.45) is 3.82. The van der Waals surface area contributed by atoms with Crippen molar-refractivity contribution in [3.63, 3.8) is 0 Å². The molecular formula is C16H27NO6. The predicted molar refractivity (Wildman–Crippen MR) is 82.3 cm³/mol. The van der Waals surface area contributed by atoms with Crippen LogP contribution < -0.4 is 5.73 Å². The summed E-state index contributed by atoms with van der Waals surface area (Å²) in [5.41, 5.74) is 5.27. The predicted octanol–water partition coefficient (Wildman–Crippen LogP) is 1.97. The molecule has 1 rings (SSSR count). The lowest BCUT2D eigenvalue weighted by Gasteiger charge is -2.40. The second-order valence-corrected chi connectivity index (χ2v) is 6.62. The van der Waals surface area contributed by atoms with Crippen molar-refractivity contribution in [1.82, 2.24) is 0 Å². The van der Waals surface area contributed by atoms with Crippen LogP contribution in [0.25, 0.3) is 0 Å². The van der Waals surface area contributed by atoms with Gasteiger partial charge < -0.3 is 20.3 Å². The molecule has 0 radical (unpaired) electrons. The summed E-state index contributed by atoms with van der Waals surface area (Å²) < 4.78 is 10.3. The molecule has 1 aliphatic carbocycles. The molecule has 0 bridgehead atoms. The molecule has 1 fully saturated rings. The average molecular weight is 329 g/mol. The van der Waals surface area contributed by atoms with Gasteiger partial charge in [-0.1, -0.05) is 26.2 Å². The Bertz CT molecular complexity index is 453. The molecule has 1 aliphatic rings. The van der Waals surface area contributed by atoms with E-state index in [2.05, 4.69) is 0 Å². The highest BCUT2D eigenvalue weighted by molar-refractivity contribution is 5.79. The Morgan fingerprint density at radius 1 is 1.17 bits per heavy atom. The van der Waals surface area contributed by atoms with E-state index in [0.29, 0.717) is 12.8 Å². The molecule has 132 valence electrons. The van der Waals surface area contributed by atoms with Crippen molar-refractivity contribution >= 4 is 17.9 Å². The Morgan fingerprint density at radius 2 is 1.74 bits per heavy atom. The highest BCUT2D eigenvalue weighted by Crippen LogP contribution is 2.42. The lowest BCUT2D eigenvalue weighted by atomic mass is 9.67. The Morgan fingerprint density at radius 3 is 2.22 bits per heavy atom. The third-order valence-electron chi connectivity index (χ3n) is 4.26. The number of ether oxygens (including phenoxy) is 2. The molecule has 0 aromatic carbocycles. The van der Waals surface area contributed by atoms with Crippen molar-refractivity contribution in [3.8, 4) is 0 Å². The second kappa shape index (κ2) is 7.77. The number of nitrogens with two attached hydrogens (primary N) is 1. The van der Waals surface area contributed by atoms with Crippen LogP contribution in [0.15, 0.2) is 0 Å². The molecular weight excluding hydrogens is 302 g/mol. The number of carboxylic acids is 1. The minimum Gasteiger partial charge on any atom is -0.481 e. The molecule has 23 heavy (non-hydrogen) atoms. The molecule has 0 aliphatic heterocycles. The van der Waals surface area contributed by atoms with Crippen molar-refractivity contribution in [3.05, 3.63) is 0 Å². The van der Waals surface area contributed by atoms with E-state index in [1.807, 2.05) is 0 Å². The van der Waals surface area contributed by atoms with E-state index in [1.165, 1.54) is 13.8 Å². The van der Waals surface area contributed by atoms with Crippen LogP contribution in [0.2, 0.25) is 0 Å². The molecule has 3 N–H and O–H groups in total. The van der Waals surface area contributed by atoms with Crippen molar-refractivity contribution in [1.29, 1.82) is 0 Å². The van der Waals surface area contributed by atoms with E-state index < -0.39 is 35.2 Å². The molecule has 0 saturated heterocycles. The SMILES string of the molecule is CCC(=O)OC(C)(C)OC(=O)C(N)C1(CC(=O)O)CCCCC1. The molecule has 1 unspecified atom stereocenters. The van der Waals surface area contributed by atoms with Crippen molar-refractivity contribution in [2.75, 3.05) is 0 Å². The third kappa shape index (κ3) is 5.49. The zero-order valence-electron chi connectivity index (χ0n) is 14.1. The summed E-state index contributed by atoms with van der Waals surface area (Å²) in [4.78, 5) is 34.9. The van der Waals surface area contributed by atoms with Crippen LogP contribution in [0.3, 0.4) is 0 Å². The van der Waals surface area contributed by atoms with Gasteiger partial charge >= 0.3 is 17.9 Å². The van der Waals surface area contributed by atoms with Gasteiger partial charge in [-0.25, -0.2) is 0 Å². The summed E-state index contributed by atoms with van der Waals surface area (Å²) in [7, 11) is 0. The Labute approximate surface area is 136 Å². The largest absolute Gasteiger partial charge is 0.481 e. The highest BCUT2D eigenvalue weighted by Gasteiger charge is 2.45. The number of aliphatic carboxylic acids is 1. The summed E-state index contributed by atoms with van der Waals surface area (Å²) >= 11 is 0. The van der Waals surface area contributed by atoms with Gasteiger partial charge in [0.25, 0.3) is 5.79 Å². The zero-order valence-corrected chi connectivity index (χ0v) is 14.1. The van der Waals surface area contributed by atoms with Gasteiger partial charge in [-0.3, -0.25) is 14.4 Å². The normalized spacial score (nSPS) is 18.8.